The molecule has 0 fully saturated rings. The van der Waals surface area contributed by atoms with Crippen LogP contribution < -0.4 is 10.8 Å². The van der Waals surface area contributed by atoms with Crippen molar-refractivity contribution in [3.05, 3.63) is 35.7 Å². The number of halogens is 3. The topological polar surface area (TPSA) is 33.3 Å². The molecule has 1 heterocycles. The van der Waals surface area contributed by atoms with Crippen LogP contribution in [0.5, 0.6) is 0 Å². The molecule has 0 aromatic rings. The van der Waals surface area contributed by atoms with Crippen molar-refractivity contribution in [1.29, 1.82) is 0 Å². The molecule has 0 atom stereocenters. The van der Waals surface area contributed by atoms with E-state index >= 15 is 0 Å². The van der Waals surface area contributed by atoms with E-state index in [4.69, 9.17) is 0 Å². The number of hydrogen-bond donors (Lipinski definition) is 2. The van der Waals surface area contributed by atoms with Gasteiger partial charge in [-0.2, -0.15) is 13.2 Å². The summed E-state index contributed by atoms with van der Waals surface area (Å²) in [4.78, 5) is 4.50. The first-order valence-corrected chi connectivity index (χ1v) is 4.21. The van der Waals surface area contributed by atoms with Crippen molar-refractivity contribution < 1.29 is 18.0 Å². The fraction of sp³-hybridized carbons (Fsp3) is 0.333. The number of nitrogens with one attached hydrogen (secondary N) is 2. The lowest BCUT2D eigenvalue weighted by Gasteiger charge is -2.06. The number of allylic oxidation sites excluding steroid dienone is 3. The quantitative estimate of drug-likeness (QED) is 0.709. The molecule has 84 valence electrons. The summed E-state index contributed by atoms with van der Waals surface area (Å²) in [6.45, 7) is 0.187. The van der Waals surface area contributed by atoms with Crippen LogP contribution in [-0.2, 0) is 4.84 Å². The molecule has 1 aliphatic heterocycles. The minimum atomic E-state index is -4.30. The van der Waals surface area contributed by atoms with Gasteiger partial charge in [0, 0.05) is 12.7 Å². The monoisotopic (exact) mass is 220 g/mol. The standard InChI is InChI=1S/C9H11F3N2O/c1-15-14-4-2-3-7-5-8(13-6-7)9(10,11)12/h2-5,13-14H,6H2,1H3/b4-2-,7-3-. The van der Waals surface area contributed by atoms with Crippen LogP contribution in [0.1, 0.15) is 0 Å². The Kier molecular flexibility index (Phi) is 3.79. The van der Waals surface area contributed by atoms with E-state index in [1.54, 1.807) is 12.2 Å². The summed E-state index contributed by atoms with van der Waals surface area (Å²) in [5.74, 6) is 0. The number of hydrogen-bond acceptors (Lipinski definition) is 3. The summed E-state index contributed by atoms with van der Waals surface area (Å²) in [5, 5.41) is 2.27. The van der Waals surface area contributed by atoms with Gasteiger partial charge in [-0.15, -0.1) is 0 Å². The van der Waals surface area contributed by atoms with Crippen molar-refractivity contribution in [3.63, 3.8) is 0 Å². The summed E-state index contributed by atoms with van der Waals surface area (Å²) in [7, 11) is 1.44. The third-order valence-electron chi connectivity index (χ3n) is 1.71. The highest BCUT2D eigenvalue weighted by molar-refractivity contribution is 5.35. The Morgan fingerprint density at radius 2 is 2.27 bits per heavy atom. The highest BCUT2D eigenvalue weighted by atomic mass is 19.4. The zero-order chi connectivity index (χ0) is 11.3. The third kappa shape index (κ3) is 3.67. The minimum absolute atomic E-state index is 0.187. The maximum absolute atomic E-state index is 12.2. The second-order valence-corrected chi connectivity index (χ2v) is 2.83. The smallest absolute Gasteiger partial charge is 0.377 e. The largest absolute Gasteiger partial charge is 0.430 e. The maximum Gasteiger partial charge on any atom is 0.430 e. The van der Waals surface area contributed by atoms with Crippen LogP contribution in [0.25, 0.3) is 0 Å². The lowest BCUT2D eigenvalue weighted by atomic mass is 10.2. The van der Waals surface area contributed by atoms with Crippen molar-refractivity contribution in [1.82, 2.24) is 10.8 Å². The normalized spacial score (nSPS) is 19.5. The first kappa shape index (κ1) is 11.6. The Labute approximate surface area is 85.2 Å². The Morgan fingerprint density at radius 1 is 1.53 bits per heavy atom. The highest BCUT2D eigenvalue weighted by Gasteiger charge is 2.35. The Morgan fingerprint density at radius 3 is 2.80 bits per heavy atom. The molecule has 0 saturated carbocycles. The van der Waals surface area contributed by atoms with Crippen LogP contribution in [0, 0.1) is 0 Å². The summed E-state index contributed by atoms with van der Waals surface area (Å²) in [6.07, 6.45) is 1.39. The summed E-state index contributed by atoms with van der Waals surface area (Å²) in [6, 6.07) is 0. The van der Waals surface area contributed by atoms with E-state index in [9.17, 15) is 13.2 Å². The van der Waals surface area contributed by atoms with Gasteiger partial charge in [0.15, 0.2) is 0 Å². The molecule has 0 aromatic heterocycles. The molecule has 0 unspecified atom stereocenters. The molecule has 3 nitrogen and oxygen atoms in total. The fourth-order valence-electron chi connectivity index (χ4n) is 1.05. The Bertz CT molecular complexity index is 305. The maximum atomic E-state index is 12.2. The molecule has 0 aliphatic carbocycles. The average molecular weight is 220 g/mol. The van der Waals surface area contributed by atoms with Gasteiger partial charge < -0.3 is 5.32 Å². The van der Waals surface area contributed by atoms with Crippen LogP contribution in [0.15, 0.2) is 35.7 Å². The molecule has 1 aliphatic rings. The molecule has 0 bridgehead atoms. The van der Waals surface area contributed by atoms with E-state index in [1.807, 2.05) is 0 Å². The minimum Gasteiger partial charge on any atom is -0.377 e. The Balaban J connectivity index is 2.58. The van der Waals surface area contributed by atoms with Crippen LogP contribution in [0.2, 0.25) is 0 Å². The zero-order valence-electron chi connectivity index (χ0n) is 8.06. The van der Waals surface area contributed by atoms with E-state index in [1.165, 1.54) is 13.3 Å². The predicted molar refractivity (Wildman–Crippen MR) is 49.5 cm³/mol. The van der Waals surface area contributed by atoms with Gasteiger partial charge in [0.1, 0.15) is 5.70 Å². The van der Waals surface area contributed by atoms with Gasteiger partial charge in [0.05, 0.1) is 7.11 Å². The van der Waals surface area contributed by atoms with E-state index in [-0.39, 0.29) is 6.54 Å². The lowest BCUT2D eigenvalue weighted by Crippen LogP contribution is -2.22. The molecule has 15 heavy (non-hydrogen) atoms. The summed E-state index contributed by atoms with van der Waals surface area (Å²) >= 11 is 0. The summed E-state index contributed by atoms with van der Waals surface area (Å²) < 4.78 is 36.5. The van der Waals surface area contributed by atoms with Crippen molar-refractivity contribution in [3.8, 4) is 0 Å². The van der Waals surface area contributed by atoms with Crippen molar-refractivity contribution in [2.45, 2.75) is 6.18 Å². The van der Waals surface area contributed by atoms with E-state index < -0.39 is 11.9 Å². The number of rotatable bonds is 3. The zero-order valence-corrected chi connectivity index (χ0v) is 8.06. The van der Waals surface area contributed by atoms with Crippen LogP contribution >= 0.6 is 0 Å². The van der Waals surface area contributed by atoms with Gasteiger partial charge in [-0.05, 0) is 17.7 Å². The van der Waals surface area contributed by atoms with Crippen LogP contribution in [-0.4, -0.2) is 19.8 Å². The molecule has 0 amide bonds. The van der Waals surface area contributed by atoms with Gasteiger partial charge in [-0.1, -0.05) is 6.08 Å². The fourth-order valence-corrected chi connectivity index (χ4v) is 1.05. The van der Waals surface area contributed by atoms with Crippen molar-refractivity contribution >= 4 is 0 Å². The molecule has 0 saturated heterocycles. The molecule has 2 N–H and O–H groups in total. The van der Waals surface area contributed by atoms with Crippen LogP contribution in [0.3, 0.4) is 0 Å². The van der Waals surface area contributed by atoms with Gasteiger partial charge >= 0.3 is 6.18 Å². The second-order valence-electron chi connectivity index (χ2n) is 2.83. The number of alkyl halides is 3. The predicted octanol–water partition coefficient (Wildman–Crippen LogP) is 1.63. The molecule has 0 radical (unpaired) electrons. The van der Waals surface area contributed by atoms with E-state index in [2.05, 4.69) is 15.6 Å². The molecule has 0 spiro atoms. The second kappa shape index (κ2) is 4.88. The Hall–Kier alpha value is -1.43. The van der Waals surface area contributed by atoms with Gasteiger partial charge in [-0.25, -0.2) is 0 Å². The molecule has 1 rings (SSSR count). The highest BCUT2D eigenvalue weighted by Crippen LogP contribution is 2.27. The van der Waals surface area contributed by atoms with E-state index in [0.717, 1.165) is 6.08 Å². The van der Waals surface area contributed by atoms with E-state index in [0.29, 0.717) is 5.57 Å². The molecule has 0 aromatic carbocycles. The van der Waals surface area contributed by atoms with Gasteiger partial charge in [0.2, 0.25) is 0 Å². The van der Waals surface area contributed by atoms with Crippen molar-refractivity contribution in [2.75, 3.05) is 13.7 Å². The first-order valence-electron chi connectivity index (χ1n) is 4.21. The third-order valence-corrected chi connectivity index (χ3v) is 1.71. The molecular formula is C9H11F3N2O. The van der Waals surface area contributed by atoms with Gasteiger partial charge in [0.25, 0.3) is 0 Å². The molecule has 6 heteroatoms. The first-order chi connectivity index (χ1) is 7.04. The van der Waals surface area contributed by atoms with Crippen molar-refractivity contribution in [2.24, 2.45) is 0 Å². The molecular weight excluding hydrogens is 209 g/mol. The number of hydroxylamine groups is 1. The average Bonchev–Trinajstić information content (AvgIpc) is 2.60. The van der Waals surface area contributed by atoms with Gasteiger partial charge in [-0.3, -0.25) is 10.3 Å². The SMILES string of the molecule is CON/C=C\C=C1\C=C(C(F)(F)F)NC1. The van der Waals surface area contributed by atoms with Crippen LogP contribution in [0.4, 0.5) is 13.2 Å². The summed E-state index contributed by atoms with van der Waals surface area (Å²) in [5.41, 5.74) is 2.28. The lowest BCUT2D eigenvalue weighted by molar-refractivity contribution is -0.0955.